The smallest absolute Gasteiger partial charge is 0.247 e. The van der Waals surface area contributed by atoms with Gasteiger partial charge in [0.15, 0.2) is 6.23 Å². The number of hydroxylamine groups is 1. The summed E-state index contributed by atoms with van der Waals surface area (Å²) in [7, 11) is 0. The minimum Gasteiger partial charge on any atom is -0.330 e. The van der Waals surface area contributed by atoms with Gasteiger partial charge in [-0.1, -0.05) is 26.0 Å². The van der Waals surface area contributed by atoms with Crippen molar-refractivity contribution in [2.75, 3.05) is 13.1 Å². The van der Waals surface area contributed by atoms with Gasteiger partial charge in [0.2, 0.25) is 5.96 Å². The maximum Gasteiger partial charge on any atom is 0.247 e. The van der Waals surface area contributed by atoms with E-state index in [2.05, 4.69) is 20.9 Å². The van der Waals surface area contributed by atoms with Crippen molar-refractivity contribution in [2.45, 2.75) is 51.3 Å². The van der Waals surface area contributed by atoms with Crippen LogP contribution in [0.1, 0.15) is 44.7 Å². The number of nitrogens with zero attached hydrogens (tertiary/aromatic N) is 3. The molecular formula is C19H27FN6O. The van der Waals surface area contributed by atoms with Gasteiger partial charge >= 0.3 is 0 Å². The van der Waals surface area contributed by atoms with Gasteiger partial charge in [0, 0.05) is 17.3 Å². The summed E-state index contributed by atoms with van der Waals surface area (Å²) in [6.07, 6.45) is 2.75. The molecule has 1 aliphatic heterocycles. The van der Waals surface area contributed by atoms with Crippen LogP contribution in [0, 0.1) is 11.7 Å². The van der Waals surface area contributed by atoms with Crippen LogP contribution in [0.15, 0.2) is 23.2 Å². The number of benzene rings is 1. The minimum atomic E-state index is -0.312. The zero-order valence-corrected chi connectivity index (χ0v) is 15.8. The summed E-state index contributed by atoms with van der Waals surface area (Å²) in [5.74, 6) is 0.664. The van der Waals surface area contributed by atoms with Crippen molar-refractivity contribution in [2.24, 2.45) is 16.6 Å². The van der Waals surface area contributed by atoms with Gasteiger partial charge in [0.25, 0.3) is 0 Å². The molecule has 2 heterocycles. The van der Waals surface area contributed by atoms with E-state index >= 15 is 0 Å². The van der Waals surface area contributed by atoms with Crippen molar-refractivity contribution >= 4 is 16.9 Å². The second-order valence-corrected chi connectivity index (χ2v) is 7.68. The lowest BCUT2D eigenvalue weighted by atomic mass is 9.79. The SMILES string of the molecule is CC(C)c1nn(C2=NC(C3CC(NCCCN)C3)ON2)c2c(F)cccc12. The molecule has 0 saturated heterocycles. The van der Waals surface area contributed by atoms with Crippen LogP contribution in [0.5, 0.6) is 0 Å². The maximum atomic E-state index is 14.5. The highest BCUT2D eigenvalue weighted by atomic mass is 19.1. The molecule has 4 rings (SSSR count). The molecule has 0 radical (unpaired) electrons. The Morgan fingerprint density at radius 1 is 1.41 bits per heavy atom. The predicted molar refractivity (Wildman–Crippen MR) is 103 cm³/mol. The van der Waals surface area contributed by atoms with Gasteiger partial charge in [-0.2, -0.15) is 9.78 Å². The molecule has 27 heavy (non-hydrogen) atoms. The first-order valence-corrected chi connectivity index (χ1v) is 9.69. The van der Waals surface area contributed by atoms with Crippen LogP contribution in [0.4, 0.5) is 4.39 Å². The van der Waals surface area contributed by atoms with Gasteiger partial charge < -0.3 is 11.1 Å². The Bertz CT molecular complexity index is 842. The van der Waals surface area contributed by atoms with Crippen molar-refractivity contribution in [3.63, 3.8) is 0 Å². The fraction of sp³-hybridized carbons (Fsp3) is 0.579. The number of aliphatic imine (C=N–C) groups is 1. The summed E-state index contributed by atoms with van der Waals surface area (Å²) >= 11 is 0. The topological polar surface area (TPSA) is 89.5 Å². The Labute approximate surface area is 158 Å². The Balaban J connectivity index is 1.51. The number of fused-ring (bicyclic) bond motifs is 1. The van der Waals surface area contributed by atoms with Crippen molar-refractivity contribution in [1.29, 1.82) is 0 Å². The number of hydrogen-bond acceptors (Lipinski definition) is 6. The molecule has 1 aliphatic carbocycles. The molecule has 1 unspecified atom stereocenters. The number of para-hydroxylation sites is 1. The summed E-state index contributed by atoms with van der Waals surface area (Å²) in [6, 6.07) is 5.56. The molecule has 1 aromatic carbocycles. The second-order valence-electron chi connectivity index (χ2n) is 7.68. The number of nitrogens with two attached hydrogens (primary N) is 1. The summed E-state index contributed by atoms with van der Waals surface area (Å²) in [5.41, 5.74) is 9.67. The van der Waals surface area contributed by atoms with E-state index in [1.165, 1.54) is 10.7 Å². The number of rotatable bonds is 6. The minimum absolute atomic E-state index is 0.182. The standard InChI is InChI=1S/C19H27FN6O/c1-11(2)16-14-5-3-6-15(20)17(14)26(24-16)19-23-18(27-25-19)12-9-13(10-12)22-8-4-7-21/h3,5-6,11-13,18,22H,4,7-10,21H2,1-2H3,(H,23,25). The Morgan fingerprint density at radius 2 is 2.22 bits per heavy atom. The molecular weight excluding hydrogens is 347 g/mol. The predicted octanol–water partition coefficient (Wildman–Crippen LogP) is 2.08. The van der Waals surface area contributed by atoms with Crippen molar-refractivity contribution in [1.82, 2.24) is 20.6 Å². The molecule has 1 atom stereocenters. The monoisotopic (exact) mass is 374 g/mol. The Morgan fingerprint density at radius 3 is 2.96 bits per heavy atom. The van der Waals surface area contributed by atoms with Crippen molar-refractivity contribution in [3.05, 3.63) is 29.7 Å². The highest BCUT2D eigenvalue weighted by Gasteiger charge is 2.38. The Hall–Kier alpha value is -2.03. The molecule has 1 fully saturated rings. The third-order valence-corrected chi connectivity index (χ3v) is 5.34. The van der Waals surface area contributed by atoms with E-state index in [4.69, 9.17) is 10.6 Å². The van der Waals surface area contributed by atoms with Crippen molar-refractivity contribution in [3.8, 4) is 0 Å². The van der Waals surface area contributed by atoms with Gasteiger partial charge in [-0.15, -0.1) is 0 Å². The van der Waals surface area contributed by atoms with E-state index < -0.39 is 0 Å². The van der Waals surface area contributed by atoms with Gasteiger partial charge in [-0.25, -0.2) is 19.7 Å². The first-order valence-electron chi connectivity index (χ1n) is 9.69. The normalized spacial score (nSPS) is 24.9. The first-order chi connectivity index (χ1) is 13.1. The molecule has 0 spiro atoms. The number of nitrogens with one attached hydrogen (secondary N) is 2. The molecule has 4 N–H and O–H groups in total. The molecule has 1 aromatic heterocycles. The molecule has 0 amide bonds. The summed E-state index contributed by atoms with van der Waals surface area (Å²) in [4.78, 5) is 10.3. The van der Waals surface area contributed by atoms with Crippen molar-refractivity contribution < 1.29 is 9.23 Å². The van der Waals surface area contributed by atoms with Gasteiger partial charge in [0.05, 0.1) is 5.69 Å². The third kappa shape index (κ3) is 3.44. The maximum absolute atomic E-state index is 14.5. The largest absolute Gasteiger partial charge is 0.330 e. The number of halogens is 1. The van der Waals surface area contributed by atoms with E-state index in [0.29, 0.717) is 30.0 Å². The van der Waals surface area contributed by atoms with Gasteiger partial charge in [-0.05, 0) is 44.3 Å². The molecule has 7 nitrogen and oxygen atoms in total. The highest BCUT2D eigenvalue weighted by Crippen LogP contribution is 2.34. The van der Waals surface area contributed by atoms with Crippen LogP contribution in [-0.4, -0.2) is 41.1 Å². The average molecular weight is 374 g/mol. The quantitative estimate of drug-likeness (QED) is 0.674. The number of hydrogen-bond donors (Lipinski definition) is 3. The number of aromatic nitrogens is 2. The van der Waals surface area contributed by atoms with Crippen LogP contribution in [0.25, 0.3) is 10.9 Å². The lowest BCUT2D eigenvalue weighted by Gasteiger charge is -2.37. The molecule has 146 valence electrons. The molecule has 1 saturated carbocycles. The molecule has 2 aromatic rings. The fourth-order valence-corrected chi connectivity index (χ4v) is 3.78. The highest BCUT2D eigenvalue weighted by molar-refractivity contribution is 5.94. The summed E-state index contributed by atoms with van der Waals surface area (Å²) < 4.78 is 16.0. The average Bonchev–Trinajstić information content (AvgIpc) is 3.22. The molecule has 0 bridgehead atoms. The summed E-state index contributed by atoms with van der Waals surface area (Å²) in [6.45, 7) is 5.75. The van der Waals surface area contributed by atoms with Gasteiger partial charge in [0.1, 0.15) is 11.3 Å². The second kappa shape index (κ2) is 7.53. The van der Waals surface area contributed by atoms with Crippen LogP contribution >= 0.6 is 0 Å². The van der Waals surface area contributed by atoms with E-state index in [1.54, 1.807) is 6.07 Å². The van der Waals surface area contributed by atoms with Crippen LogP contribution in [0.2, 0.25) is 0 Å². The third-order valence-electron chi connectivity index (χ3n) is 5.34. The molecule has 2 aliphatic rings. The molecule has 8 heteroatoms. The Kier molecular flexibility index (Phi) is 5.12. The lowest BCUT2D eigenvalue weighted by molar-refractivity contribution is -0.0320. The van der Waals surface area contributed by atoms with Crippen LogP contribution in [-0.2, 0) is 4.84 Å². The van der Waals surface area contributed by atoms with E-state index in [1.807, 2.05) is 19.9 Å². The zero-order valence-electron chi connectivity index (χ0n) is 15.8. The zero-order chi connectivity index (χ0) is 19.0. The first kappa shape index (κ1) is 18.3. The summed E-state index contributed by atoms with van der Waals surface area (Å²) in [5, 5.41) is 8.92. The van der Waals surface area contributed by atoms with E-state index in [-0.39, 0.29) is 18.0 Å². The van der Waals surface area contributed by atoms with Crippen LogP contribution in [0.3, 0.4) is 0 Å². The lowest BCUT2D eigenvalue weighted by Crippen LogP contribution is -2.46. The van der Waals surface area contributed by atoms with Crippen LogP contribution < -0.4 is 16.5 Å². The fourth-order valence-electron chi connectivity index (χ4n) is 3.78. The van der Waals surface area contributed by atoms with E-state index in [9.17, 15) is 4.39 Å². The van der Waals surface area contributed by atoms with Gasteiger partial charge in [-0.3, -0.25) is 0 Å². The van der Waals surface area contributed by atoms with E-state index in [0.717, 1.165) is 36.9 Å².